The lowest BCUT2D eigenvalue weighted by atomic mass is 10.00. The molecule has 3 N–H and O–H groups in total. The van der Waals surface area contributed by atoms with E-state index in [1.165, 1.54) is 11.1 Å². The number of hydrogen-bond acceptors (Lipinski definition) is 1. The van der Waals surface area contributed by atoms with Crippen LogP contribution in [0.5, 0.6) is 0 Å². The van der Waals surface area contributed by atoms with Crippen LogP contribution in [0.4, 0.5) is 0 Å². The van der Waals surface area contributed by atoms with Gasteiger partial charge >= 0.3 is 0 Å². The highest BCUT2D eigenvalue weighted by Gasteiger charge is 1.99. The van der Waals surface area contributed by atoms with Gasteiger partial charge in [0.2, 0.25) is 0 Å². The van der Waals surface area contributed by atoms with Crippen molar-refractivity contribution in [1.29, 1.82) is 5.41 Å². The zero-order chi connectivity index (χ0) is 13.4. The molecule has 0 fully saturated rings. The largest absolute Gasteiger partial charge is 0.384 e. The third-order valence-electron chi connectivity index (χ3n) is 2.68. The normalized spacial score (nSPS) is 15.1. The van der Waals surface area contributed by atoms with Crippen molar-refractivity contribution in [2.45, 2.75) is 41.0 Å². The van der Waals surface area contributed by atoms with Crippen LogP contribution < -0.4 is 5.73 Å². The van der Waals surface area contributed by atoms with Crippen LogP contribution in [0.1, 0.15) is 41.0 Å². The second-order valence-electron chi connectivity index (χ2n) is 4.15. The second kappa shape index (κ2) is 7.66. The van der Waals surface area contributed by atoms with Crippen LogP contribution in [0, 0.1) is 5.41 Å². The van der Waals surface area contributed by atoms with Crippen molar-refractivity contribution in [2.24, 2.45) is 5.73 Å². The van der Waals surface area contributed by atoms with Gasteiger partial charge in [0.25, 0.3) is 0 Å². The molecule has 0 aliphatic carbocycles. The minimum absolute atomic E-state index is 0.0963. The Balaban J connectivity index is 5.22. The minimum atomic E-state index is 0.0963. The number of nitrogens with two attached hydrogens (primary N) is 1. The van der Waals surface area contributed by atoms with Gasteiger partial charge < -0.3 is 5.73 Å². The summed E-state index contributed by atoms with van der Waals surface area (Å²) in [5.74, 6) is 0.0963. The number of hydrogen-bond donors (Lipinski definition) is 2. The summed E-state index contributed by atoms with van der Waals surface area (Å²) < 4.78 is 0. The Morgan fingerprint density at radius 2 is 1.59 bits per heavy atom. The molecule has 0 spiro atoms. The fourth-order valence-electron chi connectivity index (χ4n) is 1.41. The summed E-state index contributed by atoms with van der Waals surface area (Å²) in [6, 6.07) is 0. The molecule has 0 aromatic heterocycles. The van der Waals surface area contributed by atoms with Crippen molar-refractivity contribution in [3.63, 3.8) is 0 Å². The maximum absolute atomic E-state index is 7.25. The lowest BCUT2D eigenvalue weighted by Crippen LogP contribution is -2.05. The molecular formula is C15H24N2. The minimum Gasteiger partial charge on any atom is -0.384 e. The van der Waals surface area contributed by atoms with Crippen LogP contribution in [-0.4, -0.2) is 5.84 Å². The van der Waals surface area contributed by atoms with Crippen molar-refractivity contribution < 1.29 is 0 Å². The van der Waals surface area contributed by atoms with Crippen molar-refractivity contribution in [3.8, 4) is 0 Å². The van der Waals surface area contributed by atoms with Gasteiger partial charge in [-0.3, -0.25) is 5.41 Å². The van der Waals surface area contributed by atoms with Gasteiger partial charge in [-0.1, -0.05) is 25.2 Å². The van der Waals surface area contributed by atoms with E-state index in [-0.39, 0.29) is 5.84 Å². The topological polar surface area (TPSA) is 49.9 Å². The summed E-state index contributed by atoms with van der Waals surface area (Å²) in [5.41, 5.74) is 10.0. The molecule has 0 aromatic rings. The van der Waals surface area contributed by atoms with Gasteiger partial charge in [0.05, 0.1) is 0 Å². The van der Waals surface area contributed by atoms with Gasteiger partial charge in [-0.05, 0) is 62.5 Å². The SMILES string of the molecule is C\C=C(C)/C(=C\CC)/C=C(C)/C(C)=C\C(=N)N. The number of amidine groups is 1. The van der Waals surface area contributed by atoms with E-state index in [0.717, 1.165) is 17.6 Å². The summed E-state index contributed by atoms with van der Waals surface area (Å²) in [7, 11) is 0. The molecule has 94 valence electrons. The van der Waals surface area contributed by atoms with Crippen LogP contribution in [0.15, 0.2) is 46.6 Å². The Hall–Kier alpha value is -1.57. The lowest BCUT2D eigenvalue weighted by molar-refractivity contribution is 1.19. The standard InChI is InChI=1S/C15H24N2/c1-6-8-14(11(3)7-2)9-12(4)13(5)10-15(16)17/h7-10H,6H2,1-5H3,(H3,16,17)/b11-7-,12-9+,13-10-,14-8-. The molecule has 0 unspecified atom stereocenters. The molecule has 0 aliphatic heterocycles. The van der Waals surface area contributed by atoms with Crippen molar-refractivity contribution in [1.82, 2.24) is 0 Å². The van der Waals surface area contributed by atoms with E-state index in [9.17, 15) is 0 Å². The molecule has 0 saturated carbocycles. The number of allylic oxidation sites excluding steroid dienone is 7. The predicted molar refractivity (Wildman–Crippen MR) is 77.2 cm³/mol. The van der Waals surface area contributed by atoms with Gasteiger partial charge in [-0.2, -0.15) is 0 Å². The van der Waals surface area contributed by atoms with E-state index < -0.39 is 0 Å². The van der Waals surface area contributed by atoms with Gasteiger partial charge in [0.15, 0.2) is 0 Å². The Morgan fingerprint density at radius 3 is 2.00 bits per heavy atom. The monoisotopic (exact) mass is 232 g/mol. The lowest BCUT2D eigenvalue weighted by Gasteiger charge is -2.06. The average Bonchev–Trinajstić information content (AvgIpc) is 2.26. The molecule has 0 radical (unpaired) electrons. The van der Waals surface area contributed by atoms with Crippen molar-refractivity contribution in [3.05, 3.63) is 46.6 Å². The zero-order valence-electron chi connectivity index (χ0n) is 11.6. The Kier molecular flexibility index (Phi) is 6.95. The van der Waals surface area contributed by atoms with Crippen LogP contribution in [0.25, 0.3) is 0 Å². The quantitative estimate of drug-likeness (QED) is 0.418. The van der Waals surface area contributed by atoms with Gasteiger partial charge in [0, 0.05) is 0 Å². The van der Waals surface area contributed by atoms with Gasteiger partial charge in [0.1, 0.15) is 5.84 Å². The Morgan fingerprint density at radius 1 is 1.06 bits per heavy atom. The van der Waals surface area contributed by atoms with Crippen LogP contribution in [0.3, 0.4) is 0 Å². The highest BCUT2D eigenvalue weighted by Crippen LogP contribution is 2.17. The van der Waals surface area contributed by atoms with Crippen LogP contribution in [0.2, 0.25) is 0 Å². The number of nitrogens with one attached hydrogen (secondary N) is 1. The summed E-state index contributed by atoms with van der Waals surface area (Å²) in [6.07, 6.45) is 9.16. The first-order valence-corrected chi connectivity index (χ1v) is 5.96. The van der Waals surface area contributed by atoms with E-state index >= 15 is 0 Å². The fourth-order valence-corrected chi connectivity index (χ4v) is 1.41. The molecule has 0 saturated heterocycles. The highest BCUT2D eigenvalue weighted by molar-refractivity contribution is 5.89. The number of rotatable bonds is 5. The van der Waals surface area contributed by atoms with E-state index in [0.29, 0.717) is 0 Å². The van der Waals surface area contributed by atoms with E-state index in [1.54, 1.807) is 6.08 Å². The summed E-state index contributed by atoms with van der Waals surface area (Å²) in [5, 5.41) is 7.25. The molecule has 2 heteroatoms. The molecule has 0 aromatic carbocycles. The Labute approximate surface area is 105 Å². The molecule has 2 nitrogen and oxygen atoms in total. The molecular weight excluding hydrogens is 208 g/mol. The molecule has 0 rings (SSSR count). The Bertz CT molecular complexity index is 393. The molecule has 0 amide bonds. The molecule has 17 heavy (non-hydrogen) atoms. The molecule has 0 heterocycles. The van der Waals surface area contributed by atoms with Crippen molar-refractivity contribution in [2.75, 3.05) is 0 Å². The van der Waals surface area contributed by atoms with E-state index in [1.807, 2.05) is 20.8 Å². The zero-order valence-corrected chi connectivity index (χ0v) is 11.6. The maximum atomic E-state index is 7.25. The molecule has 0 atom stereocenters. The molecule has 0 bridgehead atoms. The van der Waals surface area contributed by atoms with E-state index in [4.69, 9.17) is 11.1 Å². The maximum Gasteiger partial charge on any atom is 0.115 e. The second-order valence-corrected chi connectivity index (χ2v) is 4.15. The van der Waals surface area contributed by atoms with Crippen molar-refractivity contribution >= 4 is 5.84 Å². The first-order chi connectivity index (χ1) is 7.92. The highest BCUT2D eigenvalue weighted by atomic mass is 14.7. The van der Waals surface area contributed by atoms with Crippen LogP contribution >= 0.6 is 0 Å². The third kappa shape index (κ3) is 5.91. The predicted octanol–water partition coefficient (Wildman–Crippen LogP) is 4.12. The summed E-state index contributed by atoms with van der Waals surface area (Å²) in [6.45, 7) is 10.3. The first-order valence-electron chi connectivity index (χ1n) is 5.96. The molecule has 0 aliphatic rings. The average molecular weight is 232 g/mol. The van der Waals surface area contributed by atoms with Gasteiger partial charge in [-0.15, -0.1) is 0 Å². The smallest absolute Gasteiger partial charge is 0.115 e. The first kappa shape index (κ1) is 15.4. The summed E-state index contributed by atoms with van der Waals surface area (Å²) in [4.78, 5) is 0. The van der Waals surface area contributed by atoms with E-state index in [2.05, 4.69) is 32.1 Å². The third-order valence-corrected chi connectivity index (χ3v) is 2.68. The summed E-state index contributed by atoms with van der Waals surface area (Å²) >= 11 is 0. The van der Waals surface area contributed by atoms with Crippen LogP contribution in [-0.2, 0) is 0 Å². The fraction of sp³-hybridized carbons (Fsp3) is 0.400. The van der Waals surface area contributed by atoms with Gasteiger partial charge in [-0.25, -0.2) is 0 Å².